The number of aromatic hydroxyl groups is 1. The minimum absolute atomic E-state index is 0.0362. The highest BCUT2D eigenvalue weighted by molar-refractivity contribution is 7.90. The lowest BCUT2D eigenvalue weighted by Gasteiger charge is -2.18. The Morgan fingerprint density at radius 1 is 1.27 bits per heavy atom. The number of carbonyl (C=O) groups excluding carboxylic acids is 1. The first-order valence-corrected chi connectivity index (χ1v) is 10.5. The number of fused-ring (bicyclic) bond motifs is 1. The molecule has 2 aromatic rings. The van der Waals surface area contributed by atoms with Crippen molar-refractivity contribution < 1.29 is 28.2 Å². The number of Topliss-reactive ketones (excluding diaryl/α,β-unsaturated/α-hetero) is 1. The van der Waals surface area contributed by atoms with Gasteiger partial charge in [-0.05, 0) is 42.3 Å². The Morgan fingerprint density at radius 2 is 2.03 bits per heavy atom. The molecule has 0 aromatic heterocycles. The van der Waals surface area contributed by atoms with Crippen molar-refractivity contribution in [2.45, 2.75) is 17.7 Å². The summed E-state index contributed by atoms with van der Waals surface area (Å²) in [4.78, 5) is 12.4. The summed E-state index contributed by atoms with van der Waals surface area (Å²) >= 11 is 0. The van der Waals surface area contributed by atoms with Gasteiger partial charge in [0.1, 0.15) is 11.4 Å². The minimum atomic E-state index is -3.88. The third-order valence-corrected chi connectivity index (χ3v) is 5.67. The summed E-state index contributed by atoms with van der Waals surface area (Å²) in [5.41, 5.74) is 0.917. The number of aliphatic hydroxyl groups is 1. The highest BCUT2D eigenvalue weighted by Gasteiger charge is 2.32. The Balaban J connectivity index is 1.97. The first kappa shape index (κ1) is 21.5. The standard InChI is InChI=1S/C20H21N3O6S/c1-29-18-11-14(8-9-17(18)26)12-21-23(13-15(25)5-4-10-24)20-16-6-2-3-7-19(16)30(27,28)22-20/h2-3,6-9,11-12,24,26H,4-5,10,13H2,1H3/b21-12+. The molecule has 0 saturated carbocycles. The number of rotatable bonds is 8. The molecule has 1 aliphatic heterocycles. The van der Waals surface area contributed by atoms with Gasteiger partial charge in [0, 0.05) is 18.6 Å². The molecule has 9 nitrogen and oxygen atoms in total. The molecule has 0 unspecified atom stereocenters. The second-order valence-corrected chi connectivity index (χ2v) is 8.06. The van der Waals surface area contributed by atoms with Crippen molar-refractivity contribution in [1.82, 2.24) is 5.01 Å². The van der Waals surface area contributed by atoms with E-state index in [0.717, 1.165) is 0 Å². The van der Waals surface area contributed by atoms with Gasteiger partial charge < -0.3 is 14.9 Å². The van der Waals surface area contributed by atoms with Gasteiger partial charge in [-0.25, -0.2) is 5.01 Å². The monoisotopic (exact) mass is 431 g/mol. The number of aliphatic hydroxyl groups excluding tert-OH is 1. The van der Waals surface area contributed by atoms with Crippen LogP contribution in [0.15, 0.2) is 56.9 Å². The molecule has 0 amide bonds. The van der Waals surface area contributed by atoms with E-state index >= 15 is 0 Å². The van der Waals surface area contributed by atoms with Crippen LogP contribution in [0.4, 0.5) is 0 Å². The van der Waals surface area contributed by atoms with E-state index in [-0.39, 0.29) is 47.6 Å². The number of carbonyl (C=O) groups is 1. The van der Waals surface area contributed by atoms with Gasteiger partial charge in [-0.3, -0.25) is 4.79 Å². The molecule has 2 N–H and O–H groups in total. The van der Waals surface area contributed by atoms with Gasteiger partial charge in [-0.2, -0.15) is 13.5 Å². The number of phenols is 1. The second kappa shape index (κ2) is 9.06. The molecular weight excluding hydrogens is 410 g/mol. The SMILES string of the molecule is COc1cc(/C=N/N(CC(=O)CCCO)C2=NS(=O)(=O)c3ccccc32)ccc1O. The molecule has 1 aliphatic rings. The van der Waals surface area contributed by atoms with Gasteiger partial charge in [0.05, 0.1) is 13.3 Å². The summed E-state index contributed by atoms with van der Waals surface area (Å²) < 4.78 is 33.7. The lowest BCUT2D eigenvalue weighted by molar-refractivity contribution is -0.119. The summed E-state index contributed by atoms with van der Waals surface area (Å²) in [6.45, 7) is -0.338. The van der Waals surface area contributed by atoms with Crippen molar-refractivity contribution in [1.29, 1.82) is 0 Å². The molecule has 10 heteroatoms. The highest BCUT2D eigenvalue weighted by atomic mass is 32.2. The first-order valence-electron chi connectivity index (χ1n) is 9.11. The number of sulfonamides is 1. The number of ether oxygens (including phenoxy) is 1. The molecule has 0 spiro atoms. The van der Waals surface area contributed by atoms with Gasteiger partial charge in [0.25, 0.3) is 10.0 Å². The molecular formula is C20H21N3O6S. The molecule has 0 aliphatic carbocycles. The quantitative estimate of drug-likeness (QED) is 0.479. The largest absolute Gasteiger partial charge is 0.504 e. The molecule has 0 atom stereocenters. The zero-order valence-corrected chi connectivity index (χ0v) is 17.0. The van der Waals surface area contributed by atoms with E-state index in [4.69, 9.17) is 9.84 Å². The molecule has 0 saturated heterocycles. The average Bonchev–Trinajstić information content (AvgIpc) is 3.01. The van der Waals surface area contributed by atoms with Crippen LogP contribution in [0.3, 0.4) is 0 Å². The third-order valence-electron chi connectivity index (χ3n) is 4.35. The van der Waals surface area contributed by atoms with Crippen LogP contribution in [0.1, 0.15) is 24.0 Å². The molecule has 30 heavy (non-hydrogen) atoms. The molecule has 1 heterocycles. The maximum atomic E-state index is 12.4. The molecule has 2 aromatic carbocycles. The second-order valence-electron chi connectivity index (χ2n) is 6.49. The van der Waals surface area contributed by atoms with Crippen LogP contribution < -0.4 is 4.74 Å². The van der Waals surface area contributed by atoms with E-state index in [9.17, 15) is 18.3 Å². The van der Waals surface area contributed by atoms with Crippen LogP contribution >= 0.6 is 0 Å². The first-order chi connectivity index (χ1) is 14.4. The van der Waals surface area contributed by atoms with E-state index < -0.39 is 10.0 Å². The molecule has 0 radical (unpaired) electrons. The lowest BCUT2D eigenvalue weighted by atomic mass is 10.2. The maximum absolute atomic E-state index is 12.4. The van der Waals surface area contributed by atoms with Gasteiger partial charge in [0.2, 0.25) is 0 Å². The predicted octanol–water partition coefficient (Wildman–Crippen LogP) is 1.53. The van der Waals surface area contributed by atoms with Crippen LogP contribution in [0.25, 0.3) is 0 Å². The van der Waals surface area contributed by atoms with Crippen LogP contribution in [0.2, 0.25) is 0 Å². The van der Waals surface area contributed by atoms with E-state index in [1.54, 1.807) is 30.3 Å². The lowest BCUT2D eigenvalue weighted by Crippen LogP contribution is -2.31. The van der Waals surface area contributed by atoms with Crippen molar-refractivity contribution in [2.75, 3.05) is 20.3 Å². The number of amidine groups is 1. The number of phenolic OH excluding ortho intramolecular Hbond substituents is 1. The Hall–Kier alpha value is -3.24. The van der Waals surface area contributed by atoms with E-state index in [1.807, 2.05) is 0 Å². The zero-order chi connectivity index (χ0) is 21.7. The third kappa shape index (κ3) is 4.66. The fourth-order valence-electron chi connectivity index (χ4n) is 2.88. The van der Waals surface area contributed by atoms with Crippen molar-refractivity contribution >= 4 is 27.9 Å². The minimum Gasteiger partial charge on any atom is -0.504 e. The molecule has 158 valence electrons. The van der Waals surface area contributed by atoms with Crippen molar-refractivity contribution in [3.05, 3.63) is 53.6 Å². The fourth-order valence-corrected chi connectivity index (χ4v) is 4.08. The Labute approximate surface area is 174 Å². The van der Waals surface area contributed by atoms with Gasteiger partial charge in [0.15, 0.2) is 23.1 Å². The summed E-state index contributed by atoms with van der Waals surface area (Å²) in [5, 5.41) is 24.2. The Bertz CT molecular complexity index is 1110. The molecule has 0 bridgehead atoms. The number of nitrogens with zero attached hydrogens (tertiary/aromatic N) is 3. The highest BCUT2D eigenvalue weighted by Crippen LogP contribution is 2.28. The van der Waals surface area contributed by atoms with Crippen LogP contribution in [-0.4, -0.2) is 61.7 Å². The summed E-state index contributed by atoms with van der Waals surface area (Å²) in [6.07, 6.45) is 1.83. The van der Waals surface area contributed by atoms with Crippen molar-refractivity contribution in [3.8, 4) is 11.5 Å². The normalized spacial score (nSPS) is 14.4. The number of hydrazone groups is 1. The number of benzene rings is 2. The summed E-state index contributed by atoms with van der Waals surface area (Å²) in [7, 11) is -2.47. The van der Waals surface area contributed by atoms with Crippen LogP contribution in [0, 0.1) is 0 Å². The van der Waals surface area contributed by atoms with Gasteiger partial charge in [-0.15, -0.1) is 4.40 Å². The molecule has 0 fully saturated rings. The van der Waals surface area contributed by atoms with Crippen molar-refractivity contribution in [2.24, 2.45) is 9.50 Å². The predicted molar refractivity (Wildman–Crippen MR) is 110 cm³/mol. The van der Waals surface area contributed by atoms with Crippen LogP contribution in [0.5, 0.6) is 11.5 Å². The van der Waals surface area contributed by atoms with Gasteiger partial charge in [-0.1, -0.05) is 12.1 Å². The van der Waals surface area contributed by atoms with Crippen molar-refractivity contribution in [3.63, 3.8) is 0 Å². The Kier molecular flexibility index (Phi) is 6.48. The molecule has 3 rings (SSSR count). The number of hydrogen-bond donors (Lipinski definition) is 2. The van der Waals surface area contributed by atoms with E-state index in [0.29, 0.717) is 17.5 Å². The van der Waals surface area contributed by atoms with E-state index in [1.165, 1.54) is 30.5 Å². The summed E-state index contributed by atoms with van der Waals surface area (Å²) in [6, 6.07) is 10.9. The topological polar surface area (TPSA) is 129 Å². The smallest absolute Gasteiger partial charge is 0.285 e. The fraction of sp³-hybridized carbons (Fsp3) is 0.250. The number of methoxy groups -OCH3 is 1. The van der Waals surface area contributed by atoms with Gasteiger partial charge >= 0.3 is 0 Å². The van der Waals surface area contributed by atoms with E-state index in [2.05, 4.69) is 9.50 Å². The van der Waals surface area contributed by atoms with Crippen LogP contribution in [-0.2, 0) is 14.8 Å². The number of ketones is 1. The zero-order valence-electron chi connectivity index (χ0n) is 16.2. The summed E-state index contributed by atoms with van der Waals surface area (Å²) in [5.74, 6) is 0.0282. The maximum Gasteiger partial charge on any atom is 0.285 e. The Morgan fingerprint density at radius 3 is 2.77 bits per heavy atom. The number of hydrogen-bond acceptors (Lipinski definition) is 8. The average molecular weight is 431 g/mol.